The Hall–Kier alpha value is -3.71. The van der Waals surface area contributed by atoms with E-state index in [1.54, 1.807) is 31.7 Å². The smallest absolute Gasteiger partial charge is 0.413 e. The predicted octanol–water partition coefficient (Wildman–Crippen LogP) is 2.63. The van der Waals surface area contributed by atoms with E-state index in [0.29, 0.717) is 18.2 Å². The molecule has 0 spiro atoms. The van der Waals surface area contributed by atoms with E-state index >= 15 is 0 Å². The molecule has 0 saturated carbocycles. The van der Waals surface area contributed by atoms with E-state index < -0.39 is 35.6 Å². The Morgan fingerprint density at radius 3 is 2.61 bits per heavy atom. The molecule has 2 atom stereocenters. The number of methoxy groups -OCH3 is 1. The van der Waals surface area contributed by atoms with Crippen LogP contribution in [0.15, 0.2) is 24.3 Å². The SMILES string of the molecule is COC(=O)c1cccc(C(=O)NNC(=O)N2C3COCC2c2sc(NC(=O)OC(C)(C)C)nc2C3)c1. The van der Waals surface area contributed by atoms with E-state index in [9.17, 15) is 19.2 Å². The van der Waals surface area contributed by atoms with Crippen LogP contribution >= 0.6 is 11.3 Å². The molecule has 192 valence electrons. The summed E-state index contributed by atoms with van der Waals surface area (Å²) in [5.74, 6) is -1.16. The molecule has 3 heterocycles. The zero-order valence-corrected chi connectivity index (χ0v) is 21.1. The Morgan fingerprint density at radius 1 is 1.14 bits per heavy atom. The van der Waals surface area contributed by atoms with E-state index in [4.69, 9.17) is 9.47 Å². The minimum absolute atomic E-state index is 0.183. The largest absolute Gasteiger partial charge is 0.465 e. The molecule has 1 aromatic heterocycles. The number of hydrazine groups is 1. The minimum atomic E-state index is -0.648. The number of ether oxygens (including phenoxy) is 3. The number of carbonyl (C=O) groups excluding carboxylic acids is 4. The number of morpholine rings is 1. The predicted molar refractivity (Wildman–Crippen MR) is 129 cm³/mol. The van der Waals surface area contributed by atoms with Gasteiger partial charge in [0.15, 0.2) is 5.13 Å². The van der Waals surface area contributed by atoms with Crippen molar-refractivity contribution in [3.63, 3.8) is 0 Å². The van der Waals surface area contributed by atoms with Crippen molar-refractivity contribution in [1.82, 2.24) is 20.7 Å². The summed E-state index contributed by atoms with van der Waals surface area (Å²) in [6.45, 7) is 5.87. The maximum atomic E-state index is 13.1. The lowest BCUT2D eigenvalue weighted by Crippen LogP contribution is -2.59. The fourth-order valence-electron chi connectivity index (χ4n) is 3.99. The van der Waals surface area contributed by atoms with Gasteiger partial charge in [-0.2, -0.15) is 0 Å². The molecule has 1 saturated heterocycles. The van der Waals surface area contributed by atoms with Gasteiger partial charge >= 0.3 is 18.1 Å². The Balaban J connectivity index is 1.43. The van der Waals surface area contributed by atoms with E-state index in [-0.39, 0.29) is 23.8 Å². The lowest BCUT2D eigenvalue weighted by Gasteiger charge is -2.44. The summed E-state index contributed by atoms with van der Waals surface area (Å²) in [4.78, 5) is 56.5. The van der Waals surface area contributed by atoms with Crippen molar-refractivity contribution in [2.75, 3.05) is 25.6 Å². The summed E-state index contributed by atoms with van der Waals surface area (Å²) >= 11 is 1.25. The molecule has 2 unspecified atom stereocenters. The Bertz CT molecular complexity index is 1190. The van der Waals surface area contributed by atoms with E-state index in [0.717, 1.165) is 10.6 Å². The fraction of sp³-hybridized carbons (Fsp3) is 0.435. The van der Waals surface area contributed by atoms with Crippen LogP contribution in [0.5, 0.6) is 0 Å². The van der Waals surface area contributed by atoms with Gasteiger partial charge in [0.25, 0.3) is 5.91 Å². The van der Waals surface area contributed by atoms with E-state index in [1.807, 2.05) is 0 Å². The average Bonchev–Trinajstić information content (AvgIpc) is 3.21. The van der Waals surface area contributed by atoms with Gasteiger partial charge in [0.05, 0.1) is 48.5 Å². The third-order valence-corrected chi connectivity index (χ3v) is 6.56. The standard InChI is InChI=1S/C23H27N5O7S/c1-23(2,3)35-22(32)25-20-24-15-9-14-10-34-11-16(17(15)36-20)28(14)21(31)27-26-18(29)12-6-5-7-13(8-12)19(30)33-4/h5-8,14,16H,9-11H2,1-4H3,(H,26,29)(H,27,31)(H,24,25,32). The molecular weight excluding hydrogens is 490 g/mol. The number of anilines is 1. The summed E-state index contributed by atoms with van der Waals surface area (Å²) in [5, 5.41) is 3.03. The summed E-state index contributed by atoms with van der Waals surface area (Å²) < 4.78 is 15.6. The van der Waals surface area contributed by atoms with Gasteiger partial charge in [-0.3, -0.25) is 15.5 Å². The molecule has 0 radical (unpaired) electrons. The molecule has 1 aromatic carbocycles. The van der Waals surface area contributed by atoms with Gasteiger partial charge in [-0.1, -0.05) is 17.4 Å². The summed E-state index contributed by atoms with van der Waals surface area (Å²) in [7, 11) is 1.25. The lowest BCUT2D eigenvalue weighted by atomic mass is 9.97. The van der Waals surface area contributed by atoms with Gasteiger partial charge in [-0.15, -0.1) is 0 Å². The number of hydrogen-bond acceptors (Lipinski definition) is 9. The fourth-order valence-corrected chi connectivity index (χ4v) is 5.05. The third-order valence-electron chi connectivity index (χ3n) is 5.45. The number of urea groups is 1. The van der Waals surface area contributed by atoms with Crippen molar-refractivity contribution in [2.24, 2.45) is 0 Å². The monoisotopic (exact) mass is 517 g/mol. The minimum Gasteiger partial charge on any atom is -0.465 e. The topological polar surface area (TPSA) is 148 Å². The van der Waals surface area contributed by atoms with Crippen LogP contribution in [0, 0.1) is 0 Å². The number of esters is 1. The molecule has 4 amide bonds. The van der Waals surface area contributed by atoms with Crippen LogP contribution in [0.4, 0.5) is 14.7 Å². The van der Waals surface area contributed by atoms with Crippen molar-refractivity contribution in [2.45, 2.75) is 44.9 Å². The number of hydrogen-bond donors (Lipinski definition) is 3. The van der Waals surface area contributed by atoms with Gasteiger partial charge in [-0.25, -0.2) is 24.8 Å². The van der Waals surface area contributed by atoms with Crippen molar-refractivity contribution in [3.8, 4) is 0 Å². The second kappa shape index (κ2) is 10.1. The molecule has 2 aliphatic rings. The normalized spacial score (nSPS) is 18.5. The first kappa shape index (κ1) is 25.4. The second-order valence-electron chi connectivity index (χ2n) is 9.23. The molecule has 4 rings (SSSR count). The van der Waals surface area contributed by atoms with Crippen molar-refractivity contribution < 1.29 is 33.4 Å². The first-order valence-electron chi connectivity index (χ1n) is 11.2. The number of thiazole rings is 1. The number of aromatic nitrogens is 1. The zero-order chi connectivity index (χ0) is 26.0. The summed E-state index contributed by atoms with van der Waals surface area (Å²) in [5.41, 5.74) is 5.38. The number of nitrogens with one attached hydrogen (secondary N) is 3. The molecule has 2 aromatic rings. The highest BCUT2D eigenvalue weighted by Gasteiger charge is 2.43. The van der Waals surface area contributed by atoms with Crippen LogP contribution < -0.4 is 16.2 Å². The number of nitrogens with zero attached hydrogens (tertiary/aromatic N) is 2. The molecule has 1 fully saturated rings. The lowest BCUT2D eigenvalue weighted by molar-refractivity contribution is -0.0342. The average molecular weight is 518 g/mol. The van der Waals surface area contributed by atoms with Crippen LogP contribution in [0.1, 0.15) is 58.1 Å². The Morgan fingerprint density at radius 2 is 1.89 bits per heavy atom. The molecular formula is C23H27N5O7S. The van der Waals surface area contributed by atoms with Gasteiger partial charge in [0.1, 0.15) is 5.60 Å². The quantitative estimate of drug-likeness (QED) is 0.416. The highest BCUT2D eigenvalue weighted by atomic mass is 32.1. The van der Waals surface area contributed by atoms with Gasteiger partial charge in [0.2, 0.25) is 0 Å². The van der Waals surface area contributed by atoms with E-state index in [1.165, 1.54) is 36.6 Å². The number of rotatable bonds is 3. The number of benzene rings is 1. The molecule has 0 aliphatic carbocycles. The summed E-state index contributed by atoms with van der Waals surface area (Å²) in [6, 6.07) is 4.72. The van der Waals surface area contributed by atoms with Crippen LogP contribution in [-0.4, -0.2) is 65.9 Å². The summed E-state index contributed by atoms with van der Waals surface area (Å²) in [6.07, 6.45) is -0.178. The second-order valence-corrected chi connectivity index (χ2v) is 10.3. The first-order chi connectivity index (χ1) is 17.1. The van der Waals surface area contributed by atoms with Crippen molar-refractivity contribution in [1.29, 1.82) is 0 Å². The van der Waals surface area contributed by atoms with Crippen LogP contribution in [-0.2, 0) is 20.6 Å². The number of amides is 4. The molecule has 36 heavy (non-hydrogen) atoms. The van der Waals surface area contributed by atoms with Crippen LogP contribution in [0.2, 0.25) is 0 Å². The van der Waals surface area contributed by atoms with Gasteiger partial charge in [-0.05, 0) is 39.0 Å². The Kier molecular flexibility index (Phi) is 7.13. The Labute approximate surface area is 211 Å². The van der Waals surface area contributed by atoms with E-state index in [2.05, 4.69) is 25.9 Å². The van der Waals surface area contributed by atoms with Gasteiger partial charge < -0.3 is 19.1 Å². The zero-order valence-electron chi connectivity index (χ0n) is 20.2. The molecule has 2 aliphatic heterocycles. The van der Waals surface area contributed by atoms with Crippen LogP contribution in [0.3, 0.4) is 0 Å². The van der Waals surface area contributed by atoms with Crippen molar-refractivity contribution >= 4 is 40.5 Å². The molecule has 2 bridgehead atoms. The molecule has 12 nitrogen and oxygen atoms in total. The first-order valence-corrected chi connectivity index (χ1v) is 12.0. The maximum absolute atomic E-state index is 13.1. The van der Waals surface area contributed by atoms with Crippen LogP contribution in [0.25, 0.3) is 0 Å². The third kappa shape index (κ3) is 5.57. The van der Waals surface area contributed by atoms with Gasteiger partial charge in [0, 0.05) is 12.0 Å². The highest BCUT2D eigenvalue weighted by Crippen LogP contribution is 2.41. The number of carbonyl (C=O) groups is 4. The molecule has 13 heteroatoms. The van der Waals surface area contributed by atoms with Crippen molar-refractivity contribution in [3.05, 3.63) is 46.0 Å². The molecule has 3 N–H and O–H groups in total. The maximum Gasteiger partial charge on any atom is 0.413 e. The number of fused-ring (bicyclic) bond motifs is 4. The highest BCUT2D eigenvalue weighted by molar-refractivity contribution is 7.16.